The lowest BCUT2D eigenvalue weighted by molar-refractivity contribution is -0.131. The van der Waals surface area contributed by atoms with E-state index in [1.54, 1.807) is 0 Å². The van der Waals surface area contributed by atoms with Crippen molar-refractivity contribution in [1.29, 1.82) is 0 Å². The van der Waals surface area contributed by atoms with Crippen LogP contribution in [0.15, 0.2) is 42.0 Å². The third kappa shape index (κ3) is 5.64. The topological polar surface area (TPSA) is 49.3 Å². The maximum Gasteiger partial charge on any atom is 0.328 e. The van der Waals surface area contributed by atoms with Crippen molar-refractivity contribution >= 4 is 5.97 Å². The third-order valence-corrected chi connectivity index (χ3v) is 2.90. The largest absolute Gasteiger partial charge is 0.478 e. The van der Waals surface area contributed by atoms with Gasteiger partial charge in [0.15, 0.2) is 0 Å². The predicted molar refractivity (Wildman–Crippen MR) is 73.7 cm³/mol. The second-order valence-electron chi connectivity index (χ2n) is 4.61. The Kier molecular flexibility index (Phi) is 6.15. The van der Waals surface area contributed by atoms with Gasteiger partial charge in [0.25, 0.3) is 0 Å². The summed E-state index contributed by atoms with van der Waals surface area (Å²) in [7, 11) is 0. The first kappa shape index (κ1) is 14.5. The number of benzene rings is 1. The Bertz CT molecular complexity index is 398. The van der Waals surface area contributed by atoms with E-state index in [2.05, 4.69) is 36.5 Å². The van der Waals surface area contributed by atoms with E-state index in [0.717, 1.165) is 18.5 Å². The van der Waals surface area contributed by atoms with Crippen molar-refractivity contribution in [3.63, 3.8) is 0 Å². The van der Waals surface area contributed by atoms with Crippen LogP contribution in [0.5, 0.6) is 0 Å². The molecule has 1 unspecified atom stereocenters. The lowest BCUT2D eigenvalue weighted by atomic mass is 9.98. The van der Waals surface area contributed by atoms with E-state index in [0.29, 0.717) is 12.5 Å². The third-order valence-electron chi connectivity index (χ3n) is 2.90. The molecule has 0 fully saturated rings. The van der Waals surface area contributed by atoms with E-state index >= 15 is 0 Å². The fraction of sp³-hybridized carbons (Fsp3) is 0.400. The van der Waals surface area contributed by atoms with Crippen LogP contribution >= 0.6 is 0 Å². The van der Waals surface area contributed by atoms with Gasteiger partial charge in [-0.15, -0.1) is 0 Å². The average molecular weight is 247 g/mol. The van der Waals surface area contributed by atoms with Crippen molar-refractivity contribution in [3.05, 3.63) is 47.5 Å². The van der Waals surface area contributed by atoms with Crippen molar-refractivity contribution in [1.82, 2.24) is 5.32 Å². The summed E-state index contributed by atoms with van der Waals surface area (Å²) in [6, 6.07) is 10.4. The first-order valence-electron chi connectivity index (χ1n) is 6.25. The smallest absolute Gasteiger partial charge is 0.328 e. The number of carboxylic acids is 1. The van der Waals surface area contributed by atoms with Gasteiger partial charge in [-0.05, 0) is 31.4 Å². The number of carbonyl (C=O) groups is 1. The number of nitrogens with one attached hydrogen (secondary N) is 1. The number of rotatable bonds is 7. The molecule has 0 aliphatic carbocycles. The molecule has 3 heteroatoms. The molecular formula is C15H21NO2. The maximum absolute atomic E-state index is 10.4. The number of hydrogen-bond donors (Lipinski definition) is 2. The standard InChI is InChI=1S/C15H21NO2/c1-12(10-15(17)18)11-16-9-8-13(2)14-6-4-3-5-7-14/h3-7,10,13,16H,8-9,11H2,1-2H3,(H,17,18)/b12-10+. The van der Waals surface area contributed by atoms with Gasteiger partial charge in [0, 0.05) is 12.6 Å². The van der Waals surface area contributed by atoms with Crippen LogP contribution in [0.4, 0.5) is 0 Å². The molecule has 0 aliphatic heterocycles. The molecule has 0 bridgehead atoms. The van der Waals surface area contributed by atoms with Crippen molar-refractivity contribution < 1.29 is 9.90 Å². The monoisotopic (exact) mass is 247 g/mol. The SMILES string of the molecule is C/C(=C\C(=O)O)CNCCC(C)c1ccccc1. The molecular weight excluding hydrogens is 226 g/mol. The zero-order valence-corrected chi connectivity index (χ0v) is 11.0. The molecule has 1 aromatic carbocycles. The molecule has 98 valence electrons. The summed E-state index contributed by atoms with van der Waals surface area (Å²) >= 11 is 0. The lowest BCUT2D eigenvalue weighted by Gasteiger charge is -2.12. The highest BCUT2D eigenvalue weighted by atomic mass is 16.4. The van der Waals surface area contributed by atoms with Gasteiger partial charge in [0.1, 0.15) is 0 Å². The van der Waals surface area contributed by atoms with Crippen LogP contribution < -0.4 is 5.32 Å². The Morgan fingerprint density at radius 2 is 2.06 bits per heavy atom. The van der Waals surface area contributed by atoms with Crippen LogP contribution in [0.1, 0.15) is 31.7 Å². The van der Waals surface area contributed by atoms with Gasteiger partial charge >= 0.3 is 5.97 Å². The zero-order valence-electron chi connectivity index (χ0n) is 11.0. The molecule has 0 aliphatic rings. The van der Waals surface area contributed by atoms with Gasteiger partial charge in [0.05, 0.1) is 0 Å². The molecule has 0 heterocycles. The van der Waals surface area contributed by atoms with Crippen molar-refractivity contribution in [3.8, 4) is 0 Å². The summed E-state index contributed by atoms with van der Waals surface area (Å²) in [6.45, 7) is 5.55. The van der Waals surface area contributed by atoms with E-state index in [9.17, 15) is 4.79 Å². The number of carboxylic acid groups (broad SMARTS) is 1. The Morgan fingerprint density at radius 1 is 1.39 bits per heavy atom. The Balaban J connectivity index is 2.24. The molecule has 0 spiro atoms. The molecule has 3 nitrogen and oxygen atoms in total. The van der Waals surface area contributed by atoms with Crippen molar-refractivity contribution in [2.75, 3.05) is 13.1 Å². The highest BCUT2D eigenvalue weighted by Gasteiger charge is 2.03. The highest BCUT2D eigenvalue weighted by Crippen LogP contribution is 2.17. The average Bonchev–Trinajstić information content (AvgIpc) is 2.34. The quantitative estimate of drug-likeness (QED) is 0.575. The van der Waals surface area contributed by atoms with Gasteiger partial charge in [-0.3, -0.25) is 0 Å². The molecule has 0 amide bonds. The molecule has 0 saturated heterocycles. The van der Waals surface area contributed by atoms with Gasteiger partial charge in [-0.25, -0.2) is 4.79 Å². The molecule has 18 heavy (non-hydrogen) atoms. The van der Waals surface area contributed by atoms with Crippen LogP contribution in [-0.2, 0) is 4.79 Å². The Hall–Kier alpha value is -1.61. The molecule has 0 radical (unpaired) electrons. The molecule has 1 atom stereocenters. The van der Waals surface area contributed by atoms with Gasteiger partial charge in [-0.1, -0.05) is 42.8 Å². The summed E-state index contributed by atoms with van der Waals surface area (Å²) in [5.74, 6) is -0.366. The van der Waals surface area contributed by atoms with Crippen LogP contribution in [0.3, 0.4) is 0 Å². The molecule has 1 rings (SSSR count). The van der Waals surface area contributed by atoms with Gasteiger partial charge in [0.2, 0.25) is 0 Å². The maximum atomic E-state index is 10.4. The van der Waals surface area contributed by atoms with Crippen LogP contribution in [-0.4, -0.2) is 24.2 Å². The first-order valence-corrected chi connectivity index (χ1v) is 6.25. The van der Waals surface area contributed by atoms with Crippen molar-refractivity contribution in [2.24, 2.45) is 0 Å². The normalized spacial score (nSPS) is 13.3. The molecule has 2 N–H and O–H groups in total. The second kappa shape index (κ2) is 7.67. The van der Waals surface area contributed by atoms with E-state index in [-0.39, 0.29) is 0 Å². The zero-order chi connectivity index (χ0) is 13.4. The van der Waals surface area contributed by atoms with Crippen LogP contribution in [0.2, 0.25) is 0 Å². The summed E-state index contributed by atoms with van der Waals surface area (Å²) < 4.78 is 0. The number of hydrogen-bond acceptors (Lipinski definition) is 2. The van der Waals surface area contributed by atoms with Crippen molar-refractivity contribution in [2.45, 2.75) is 26.2 Å². The molecule has 1 aromatic rings. The van der Waals surface area contributed by atoms with Crippen LogP contribution in [0, 0.1) is 0 Å². The van der Waals surface area contributed by atoms with E-state index in [4.69, 9.17) is 5.11 Å². The summed E-state index contributed by atoms with van der Waals surface area (Å²) in [5, 5.41) is 11.8. The summed E-state index contributed by atoms with van der Waals surface area (Å²) in [4.78, 5) is 10.4. The summed E-state index contributed by atoms with van der Waals surface area (Å²) in [5.41, 5.74) is 2.19. The minimum absolute atomic E-state index is 0.516. The van der Waals surface area contributed by atoms with Gasteiger partial charge in [-0.2, -0.15) is 0 Å². The fourth-order valence-corrected chi connectivity index (χ4v) is 1.81. The first-order chi connectivity index (χ1) is 8.59. The van der Waals surface area contributed by atoms with Gasteiger partial charge < -0.3 is 10.4 Å². The molecule has 0 saturated carbocycles. The summed E-state index contributed by atoms with van der Waals surface area (Å²) in [6.07, 6.45) is 2.29. The number of aliphatic carboxylic acids is 1. The Morgan fingerprint density at radius 3 is 2.67 bits per heavy atom. The van der Waals surface area contributed by atoms with E-state index in [1.807, 2.05) is 13.0 Å². The van der Waals surface area contributed by atoms with Crippen LogP contribution in [0.25, 0.3) is 0 Å². The van der Waals surface area contributed by atoms with E-state index in [1.165, 1.54) is 11.6 Å². The second-order valence-corrected chi connectivity index (χ2v) is 4.61. The minimum atomic E-state index is -0.882. The predicted octanol–water partition coefficient (Wildman–Crippen LogP) is 2.80. The highest BCUT2D eigenvalue weighted by molar-refractivity contribution is 5.80. The Labute approximate surface area is 109 Å². The minimum Gasteiger partial charge on any atom is -0.478 e. The van der Waals surface area contributed by atoms with E-state index < -0.39 is 5.97 Å². The fourth-order valence-electron chi connectivity index (χ4n) is 1.81. The lowest BCUT2D eigenvalue weighted by Crippen LogP contribution is -2.19. The molecule has 0 aromatic heterocycles.